The second-order valence-electron chi connectivity index (χ2n) is 5.12. The molecule has 0 heterocycles. The largest absolute Gasteiger partial charge is 0.352 e. The predicted octanol–water partition coefficient (Wildman–Crippen LogP) is 1.84. The van der Waals surface area contributed by atoms with E-state index in [2.05, 4.69) is 5.32 Å². The Balaban J connectivity index is 2.04. The molecule has 0 aliphatic heterocycles. The molecular weight excluding hydrogens is 328 g/mol. The van der Waals surface area contributed by atoms with Crippen LogP contribution in [0, 0.1) is 0 Å². The molecule has 2 aromatic rings. The van der Waals surface area contributed by atoms with E-state index in [1.165, 1.54) is 32.4 Å². The fraction of sp³-hybridized carbons (Fsp3) is 0.235. The van der Waals surface area contributed by atoms with Crippen molar-refractivity contribution in [2.24, 2.45) is 0 Å². The van der Waals surface area contributed by atoms with E-state index >= 15 is 0 Å². The summed E-state index contributed by atoms with van der Waals surface area (Å²) in [4.78, 5) is 16.9. The van der Waals surface area contributed by atoms with E-state index in [1.807, 2.05) is 30.3 Å². The average Bonchev–Trinajstić information content (AvgIpc) is 2.61. The molecule has 0 atom stereocenters. The van der Waals surface area contributed by atoms with Crippen molar-refractivity contribution in [3.8, 4) is 0 Å². The van der Waals surface area contributed by atoms with Crippen LogP contribution in [-0.2, 0) is 21.3 Å². The number of nitrogens with zero attached hydrogens (tertiary/aromatic N) is 1. The highest BCUT2D eigenvalue weighted by atomic mass is 32.2. The van der Waals surface area contributed by atoms with Gasteiger partial charge in [0.25, 0.3) is 15.9 Å². The second kappa shape index (κ2) is 8.05. The van der Waals surface area contributed by atoms with Gasteiger partial charge in [-0.05, 0) is 30.2 Å². The highest BCUT2D eigenvalue weighted by Gasteiger charge is 2.21. The van der Waals surface area contributed by atoms with Gasteiger partial charge in [-0.15, -0.1) is 0 Å². The lowest BCUT2D eigenvalue weighted by atomic mass is 10.1. The molecule has 0 fully saturated rings. The highest BCUT2D eigenvalue weighted by Crippen LogP contribution is 2.16. The van der Waals surface area contributed by atoms with Crippen LogP contribution in [0.25, 0.3) is 0 Å². The zero-order chi connectivity index (χ0) is 17.6. The zero-order valence-electron chi connectivity index (χ0n) is 13.6. The number of hydrogen-bond acceptors (Lipinski definition) is 4. The van der Waals surface area contributed by atoms with E-state index in [-0.39, 0.29) is 16.4 Å². The second-order valence-corrected chi connectivity index (χ2v) is 7.05. The third kappa shape index (κ3) is 4.41. The molecule has 6 nitrogen and oxygen atoms in total. The van der Waals surface area contributed by atoms with Crippen LogP contribution in [-0.4, -0.2) is 39.5 Å². The molecule has 0 aliphatic rings. The fourth-order valence-corrected chi connectivity index (χ4v) is 3.13. The van der Waals surface area contributed by atoms with E-state index in [9.17, 15) is 13.2 Å². The summed E-state index contributed by atoms with van der Waals surface area (Å²) in [5, 5.41) is 2.79. The summed E-state index contributed by atoms with van der Waals surface area (Å²) in [6, 6.07) is 15.7. The summed E-state index contributed by atoms with van der Waals surface area (Å²) in [6.07, 6.45) is 0.705. The van der Waals surface area contributed by atoms with Gasteiger partial charge in [-0.1, -0.05) is 40.9 Å². The first-order valence-electron chi connectivity index (χ1n) is 7.40. The Bertz CT molecular complexity index is 791. The topological polar surface area (TPSA) is 75.7 Å². The molecule has 128 valence electrons. The zero-order valence-corrected chi connectivity index (χ0v) is 14.4. The van der Waals surface area contributed by atoms with Gasteiger partial charge in [-0.25, -0.2) is 8.42 Å². The maximum absolute atomic E-state index is 12.2. The SMILES string of the molecule is CON(C)S(=O)(=O)c1cccc(C(=O)NCCc2ccccc2)c1. The maximum atomic E-state index is 12.2. The molecule has 0 bridgehead atoms. The molecule has 0 saturated heterocycles. The summed E-state index contributed by atoms with van der Waals surface area (Å²) in [7, 11) is -1.22. The molecule has 1 N–H and O–H groups in total. The number of carbonyl (C=O) groups is 1. The van der Waals surface area contributed by atoms with Gasteiger partial charge in [0.2, 0.25) is 0 Å². The van der Waals surface area contributed by atoms with Crippen LogP contribution in [0.3, 0.4) is 0 Å². The van der Waals surface area contributed by atoms with E-state index in [0.29, 0.717) is 13.0 Å². The Morgan fingerprint density at radius 1 is 1.12 bits per heavy atom. The van der Waals surface area contributed by atoms with Crippen LogP contribution in [0.15, 0.2) is 59.5 Å². The van der Waals surface area contributed by atoms with Gasteiger partial charge in [0.15, 0.2) is 0 Å². The Hall–Kier alpha value is -2.22. The van der Waals surface area contributed by atoms with Gasteiger partial charge >= 0.3 is 0 Å². The number of rotatable bonds is 7. The van der Waals surface area contributed by atoms with E-state index < -0.39 is 10.0 Å². The smallest absolute Gasteiger partial charge is 0.264 e. The van der Waals surface area contributed by atoms with Crippen LogP contribution in [0.1, 0.15) is 15.9 Å². The quantitative estimate of drug-likeness (QED) is 0.775. The van der Waals surface area contributed by atoms with E-state index in [1.54, 1.807) is 6.07 Å². The van der Waals surface area contributed by atoms with Crippen molar-refractivity contribution >= 4 is 15.9 Å². The Morgan fingerprint density at radius 3 is 2.50 bits per heavy atom. The maximum Gasteiger partial charge on any atom is 0.264 e. The predicted molar refractivity (Wildman–Crippen MR) is 90.9 cm³/mol. The van der Waals surface area contributed by atoms with Crippen molar-refractivity contribution < 1.29 is 18.0 Å². The molecule has 1 amide bonds. The number of sulfonamides is 1. The number of nitrogens with one attached hydrogen (secondary N) is 1. The Kier molecular flexibility index (Phi) is 6.08. The van der Waals surface area contributed by atoms with Crippen LogP contribution < -0.4 is 5.32 Å². The molecule has 0 unspecified atom stereocenters. The lowest BCUT2D eigenvalue weighted by Gasteiger charge is -2.14. The van der Waals surface area contributed by atoms with Crippen molar-refractivity contribution in [2.45, 2.75) is 11.3 Å². The molecule has 7 heteroatoms. The highest BCUT2D eigenvalue weighted by molar-refractivity contribution is 7.89. The van der Waals surface area contributed by atoms with Crippen LogP contribution in [0.4, 0.5) is 0 Å². The molecule has 24 heavy (non-hydrogen) atoms. The van der Waals surface area contributed by atoms with E-state index in [0.717, 1.165) is 10.0 Å². The lowest BCUT2D eigenvalue weighted by Crippen LogP contribution is -2.27. The van der Waals surface area contributed by atoms with Gasteiger partial charge < -0.3 is 5.32 Å². The molecular formula is C17H20N2O4S. The van der Waals surface area contributed by atoms with Gasteiger partial charge in [-0.3, -0.25) is 9.63 Å². The van der Waals surface area contributed by atoms with Crippen LogP contribution in [0.5, 0.6) is 0 Å². The summed E-state index contributed by atoms with van der Waals surface area (Å²) >= 11 is 0. The van der Waals surface area contributed by atoms with Crippen molar-refractivity contribution in [3.63, 3.8) is 0 Å². The van der Waals surface area contributed by atoms with Gasteiger partial charge in [0.05, 0.1) is 12.0 Å². The minimum Gasteiger partial charge on any atom is -0.352 e. The number of carbonyl (C=O) groups excluding carboxylic acids is 1. The summed E-state index contributed by atoms with van der Waals surface area (Å²) in [5.74, 6) is -0.317. The third-order valence-corrected chi connectivity index (χ3v) is 5.21. The molecule has 0 spiro atoms. The first-order valence-corrected chi connectivity index (χ1v) is 8.84. The number of hydrogen-bond donors (Lipinski definition) is 1. The molecule has 0 aliphatic carbocycles. The molecule has 0 aromatic heterocycles. The van der Waals surface area contributed by atoms with Gasteiger partial charge in [-0.2, -0.15) is 0 Å². The first kappa shape index (κ1) is 18.1. The Morgan fingerprint density at radius 2 is 1.83 bits per heavy atom. The van der Waals surface area contributed by atoms with Crippen LogP contribution >= 0.6 is 0 Å². The normalized spacial score (nSPS) is 11.5. The fourth-order valence-electron chi connectivity index (χ4n) is 2.11. The molecule has 0 radical (unpaired) electrons. The van der Waals surface area contributed by atoms with Crippen molar-refractivity contribution in [2.75, 3.05) is 20.7 Å². The third-order valence-electron chi connectivity index (χ3n) is 3.53. The van der Waals surface area contributed by atoms with Crippen molar-refractivity contribution in [1.29, 1.82) is 0 Å². The minimum absolute atomic E-state index is 0.00237. The average molecular weight is 348 g/mol. The lowest BCUT2D eigenvalue weighted by molar-refractivity contribution is -0.0258. The molecule has 2 aromatic carbocycles. The van der Waals surface area contributed by atoms with Gasteiger partial charge in [0, 0.05) is 19.2 Å². The number of benzene rings is 2. The van der Waals surface area contributed by atoms with Crippen molar-refractivity contribution in [3.05, 3.63) is 65.7 Å². The standard InChI is InChI=1S/C17H20N2O4S/c1-19(23-2)24(21,22)16-10-6-9-15(13-16)17(20)18-12-11-14-7-4-3-5-8-14/h3-10,13H,11-12H2,1-2H3,(H,18,20). The van der Waals surface area contributed by atoms with Crippen LogP contribution in [0.2, 0.25) is 0 Å². The monoisotopic (exact) mass is 348 g/mol. The van der Waals surface area contributed by atoms with E-state index in [4.69, 9.17) is 4.84 Å². The van der Waals surface area contributed by atoms with Gasteiger partial charge in [0.1, 0.15) is 0 Å². The molecule has 0 saturated carbocycles. The molecule has 2 rings (SSSR count). The summed E-state index contributed by atoms with van der Waals surface area (Å²) < 4.78 is 25.2. The summed E-state index contributed by atoms with van der Waals surface area (Å²) in [6.45, 7) is 0.470. The Labute approximate surface area is 142 Å². The number of hydroxylamine groups is 1. The summed E-state index contributed by atoms with van der Waals surface area (Å²) in [5.41, 5.74) is 1.41. The van der Waals surface area contributed by atoms with Crippen molar-refractivity contribution in [1.82, 2.24) is 9.79 Å². The number of amides is 1. The first-order chi connectivity index (χ1) is 11.4. The minimum atomic E-state index is -3.78.